The summed E-state index contributed by atoms with van der Waals surface area (Å²) in [5.74, 6) is 0.0189. The summed E-state index contributed by atoms with van der Waals surface area (Å²) >= 11 is 0. The molecule has 254 valence electrons. The number of allylic oxidation sites excluding steroid dienone is 8. The number of benzene rings is 7. The van der Waals surface area contributed by atoms with E-state index in [0.29, 0.717) is 16.9 Å². The molecule has 0 unspecified atom stereocenters. The van der Waals surface area contributed by atoms with Crippen LogP contribution in [0.3, 0.4) is 0 Å². The number of hydrogen-bond donors (Lipinski definition) is 1. The monoisotopic (exact) mass is 689 g/mol. The first-order valence-electron chi connectivity index (χ1n) is 18.2. The minimum Gasteiger partial charge on any atom is -0.300 e. The standard InChI is InChI=1S/C52H35NO/c53-51-47(37-23-11-3-12-24-37)43(35-19-7-1-8-20-35)44(48(51)38-25-13-4-14-26-38)41-31-33-42(34-32-41)46-45(36-21-9-2-10-22-36)49(39-27-15-5-16-28-39)52(54)50(46)40-29-17-6-18-30-40/h1-34,53H. The van der Waals surface area contributed by atoms with E-state index in [2.05, 4.69) is 84.9 Å². The highest BCUT2D eigenvalue weighted by atomic mass is 16.1. The van der Waals surface area contributed by atoms with E-state index >= 15 is 0 Å². The van der Waals surface area contributed by atoms with E-state index < -0.39 is 0 Å². The lowest BCUT2D eigenvalue weighted by molar-refractivity contribution is -0.108. The molecule has 0 radical (unpaired) electrons. The van der Waals surface area contributed by atoms with Gasteiger partial charge in [0.25, 0.3) is 0 Å². The van der Waals surface area contributed by atoms with Crippen LogP contribution < -0.4 is 0 Å². The first kappa shape index (κ1) is 32.7. The molecule has 0 aromatic heterocycles. The molecule has 0 bridgehead atoms. The maximum atomic E-state index is 14.8. The summed E-state index contributed by atoms with van der Waals surface area (Å²) in [6, 6.07) is 70.0. The largest absolute Gasteiger partial charge is 0.300 e. The van der Waals surface area contributed by atoms with E-state index in [1.807, 2.05) is 121 Å². The van der Waals surface area contributed by atoms with Crippen molar-refractivity contribution in [1.82, 2.24) is 0 Å². The van der Waals surface area contributed by atoms with Gasteiger partial charge in [0.1, 0.15) is 0 Å². The summed E-state index contributed by atoms with van der Waals surface area (Å²) in [5, 5.41) is 9.78. The van der Waals surface area contributed by atoms with E-state index in [1.54, 1.807) is 0 Å². The Labute approximate surface area is 316 Å². The predicted octanol–water partition coefficient (Wildman–Crippen LogP) is 12.3. The molecule has 0 atom stereocenters. The van der Waals surface area contributed by atoms with Gasteiger partial charge in [0.2, 0.25) is 0 Å². The number of rotatable bonds is 8. The third kappa shape index (κ3) is 5.71. The molecule has 0 aliphatic heterocycles. The van der Waals surface area contributed by atoms with Crippen molar-refractivity contribution in [1.29, 1.82) is 5.41 Å². The van der Waals surface area contributed by atoms with E-state index in [-0.39, 0.29) is 5.78 Å². The van der Waals surface area contributed by atoms with Crippen LogP contribution in [0.2, 0.25) is 0 Å². The molecule has 2 heteroatoms. The number of nitrogens with one attached hydrogen (secondary N) is 1. The van der Waals surface area contributed by atoms with Gasteiger partial charge in [0, 0.05) is 44.6 Å². The summed E-state index contributed by atoms with van der Waals surface area (Å²) in [6.07, 6.45) is 0. The van der Waals surface area contributed by atoms with Crippen LogP contribution in [-0.4, -0.2) is 11.5 Å². The maximum absolute atomic E-state index is 14.8. The number of Topliss-reactive ketones (excluding diaryl/α,β-unsaturated/α-hetero) is 1. The third-order valence-corrected chi connectivity index (χ3v) is 10.3. The second-order valence-electron chi connectivity index (χ2n) is 13.5. The van der Waals surface area contributed by atoms with Crippen LogP contribution in [0.15, 0.2) is 206 Å². The van der Waals surface area contributed by atoms with Crippen molar-refractivity contribution in [3.8, 4) is 0 Å². The molecule has 0 fully saturated rings. The first-order chi connectivity index (χ1) is 26.7. The van der Waals surface area contributed by atoms with E-state index in [9.17, 15) is 10.2 Å². The van der Waals surface area contributed by atoms with Crippen LogP contribution >= 0.6 is 0 Å². The van der Waals surface area contributed by atoms with Crippen molar-refractivity contribution in [2.75, 3.05) is 0 Å². The number of carbonyl (C=O) groups excluding carboxylic acids is 1. The summed E-state index contributed by atoms with van der Waals surface area (Å²) in [4.78, 5) is 14.8. The van der Waals surface area contributed by atoms with Gasteiger partial charge in [-0.2, -0.15) is 0 Å². The Bertz CT molecular complexity index is 2460. The first-order valence-corrected chi connectivity index (χ1v) is 18.2. The number of carbonyl (C=O) groups is 1. The average molecular weight is 690 g/mol. The van der Waals surface area contributed by atoms with Gasteiger partial charge in [-0.3, -0.25) is 10.2 Å². The van der Waals surface area contributed by atoms with Crippen LogP contribution in [0, 0.1) is 5.41 Å². The topological polar surface area (TPSA) is 40.9 Å². The molecule has 9 rings (SSSR count). The average Bonchev–Trinajstić information content (AvgIpc) is 3.73. The highest BCUT2D eigenvalue weighted by molar-refractivity contribution is 6.60. The zero-order valence-corrected chi connectivity index (χ0v) is 29.5. The van der Waals surface area contributed by atoms with Crippen molar-refractivity contribution in [3.63, 3.8) is 0 Å². The molecule has 2 aliphatic carbocycles. The Morgan fingerprint density at radius 2 is 0.407 bits per heavy atom. The van der Waals surface area contributed by atoms with Crippen LogP contribution in [0.25, 0.3) is 44.6 Å². The third-order valence-electron chi connectivity index (χ3n) is 10.3. The molecule has 54 heavy (non-hydrogen) atoms. The lowest BCUT2D eigenvalue weighted by Crippen LogP contribution is -2.01. The zero-order chi connectivity index (χ0) is 36.4. The van der Waals surface area contributed by atoms with Crippen molar-refractivity contribution < 1.29 is 4.79 Å². The van der Waals surface area contributed by atoms with E-state index in [0.717, 1.165) is 77.9 Å². The van der Waals surface area contributed by atoms with Gasteiger partial charge in [-0.25, -0.2) is 0 Å². The molecular formula is C52H35NO. The molecular weight excluding hydrogens is 655 g/mol. The van der Waals surface area contributed by atoms with Gasteiger partial charge >= 0.3 is 0 Å². The fourth-order valence-electron chi connectivity index (χ4n) is 7.94. The van der Waals surface area contributed by atoms with Gasteiger partial charge in [-0.15, -0.1) is 0 Å². The molecule has 1 N–H and O–H groups in total. The van der Waals surface area contributed by atoms with Crippen LogP contribution in [-0.2, 0) is 4.79 Å². The second-order valence-corrected chi connectivity index (χ2v) is 13.5. The van der Waals surface area contributed by atoms with Gasteiger partial charge < -0.3 is 0 Å². The number of hydrogen-bond acceptors (Lipinski definition) is 2. The summed E-state index contributed by atoms with van der Waals surface area (Å²) in [6.45, 7) is 0. The predicted molar refractivity (Wildman–Crippen MR) is 225 cm³/mol. The molecule has 0 amide bonds. The fourth-order valence-corrected chi connectivity index (χ4v) is 7.94. The minimum atomic E-state index is 0.0189. The second kappa shape index (κ2) is 14.1. The molecule has 0 saturated heterocycles. The zero-order valence-electron chi connectivity index (χ0n) is 29.5. The highest BCUT2D eigenvalue weighted by Gasteiger charge is 2.36. The van der Waals surface area contributed by atoms with E-state index in [1.165, 1.54) is 0 Å². The molecule has 7 aromatic rings. The summed E-state index contributed by atoms with van der Waals surface area (Å²) in [7, 11) is 0. The Kier molecular flexibility index (Phi) is 8.55. The molecule has 2 nitrogen and oxygen atoms in total. The molecule has 2 aliphatic rings. The van der Waals surface area contributed by atoms with E-state index in [4.69, 9.17) is 0 Å². The quantitative estimate of drug-likeness (QED) is 0.170. The van der Waals surface area contributed by atoms with Crippen molar-refractivity contribution in [2.45, 2.75) is 0 Å². The molecule has 0 spiro atoms. The van der Waals surface area contributed by atoms with Gasteiger partial charge in [0.05, 0.1) is 5.71 Å². The molecule has 7 aromatic carbocycles. The van der Waals surface area contributed by atoms with Gasteiger partial charge in [-0.05, 0) is 44.5 Å². The van der Waals surface area contributed by atoms with Crippen LogP contribution in [0.1, 0.15) is 44.5 Å². The highest BCUT2D eigenvalue weighted by Crippen LogP contribution is 2.52. The summed E-state index contributed by atoms with van der Waals surface area (Å²) in [5.41, 5.74) is 15.4. The van der Waals surface area contributed by atoms with Crippen molar-refractivity contribution >= 4 is 56.1 Å². The van der Waals surface area contributed by atoms with Crippen LogP contribution in [0.5, 0.6) is 0 Å². The lowest BCUT2D eigenvalue weighted by atomic mass is 9.86. The Morgan fingerprint density at radius 3 is 0.667 bits per heavy atom. The SMILES string of the molecule is N=C1C(c2ccccc2)=C(c2ccccc2)C(c2ccc(C3=C(c4ccccc4)C(=O)C(c4ccccc4)=C3c3ccccc3)cc2)=C1c1ccccc1. The Hall–Kier alpha value is -7.16. The minimum absolute atomic E-state index is 0.0189. The smallest absolute Gasteiger partial charge is 0.195 e. The van der Waals surface area contributed by atoms with Crippen LogP contribution in [0.4, 0.5) is 0 Å². The lowest BCUT2D eigenvalue weighted by Gasteiger charge is -2.16. The summed E-state index contributed by atoms with van der Waals surface area (Å²) < 4.78 is 0. The normalized spacial score (nSPS) is 14.4. The fraction of sp³-hybridized carbons (Fsp3) is 0. The Morgan fingerprint density at radius 1 is 0.222 bits per heavy atom. The molecule has 0 saturated carbocycles. The van der Waals surface area contributed by atoms with Crippen molar-refractivity contribution in [2.24, 2.45) is 0 Å². The molecule has 0 heterocycles. The van der Waals surface area contributed by atoms with Crippen molar-refractivity contribution in [3.05, 3.63) is 251 Å². The number of ketones is 1. The Balaban J connectivity index is 1.29. The maximum Gasteiger partial charge on any atom is 0.195 e. The van der Waals surface area contributed by atoms with Gasteiger partial charge in [0.15, 0.2) is 5.78 Å². The van der Waals surface area contributed by atoms with Gasteiger partial charge in [-0.1, -0.05) is 206 Å².